The highest BCUT2D eigenvalue weighted by atomic mass is 79.9. The van der Waals surface area contributed by atoms with Gasteiger partial charge < -0.3 is 10.1 Å². The van der Waals surface area contributed by atoms with Gasteiger partial charge in [-0.25, -0.2) is 0 Å². The second-order valence-corrected chi connectivity index (χ2v) is 6.02. The standard InChI is InChI=1S/C17H20BrNO/c1-12(2)19-11-14-9-8-13(3)17(10-14)20-16-7-5-4-6-15(16)18/h4-10,12,19H,11H2,1-3H3. The van der Waals surface area contributed by atoms with Crippen LogP contribution in [0.25, 0.3) is 0 Å². The largest absolute Gasteiger partial charge is 0.456 e. The van der Waals surface area contributed by atoms with Gasteiger partial charge in [0, 0.05) is 12.6 Å². The van der Waals surface area contributed by atoms with E-state index in [1.807, 2.05) is 24.3 Å². The van der Waals surface area contributed by atoms with Gasteiger partial charge in [-0.2, -0.15) is 0 Å². The zero-order valence-electron chi connectivity index (χ0n) is 12.1. The van der Waals surface area contributed by atoms with Gasteiger partial charge in [-0.05, 0) is 52.2 Å². The molecule has 2 nitrogen and oxygen atoms in total. The van der Waals surface area contributed by atoms with Gasteiger partial charge in [0.15, 0.2) is 0 Å². The van der Waals surface area contributed by atoms with Gasteiger partial charge in [0.1, 0.15) is 11.5 Å². The minimum atomic E-state index is 0.476. The predicted molar refractivity (Wildman–Crippen MR) is 87.4 cm³/mol. The van der Waals surface area contributed by atoms with Crippen molar-refractivity contribution in [2.24, 2.45) is 0 Å². The highest BCUT2D eigenvalue weighted by molar-refractivity contribution is 9.10. The SMILES string of the molecule is Cc1ccc(CNC(C)C)cc1Oc1ccccc1Br. The number of benzene rings is 2. The molecule has 2 rings (SSSR count). The van der Waals surface area contributed by atoms with Crippen LogP contribution in [0.5, 0.6) is 11.5 Å². The molecule has 0 aliphatic carbocycles. The van der Waals surface area contributed by atoms with Crippen LogP contribution in [0.1, 0.15) is 25.0 Å². The Bertz CT molecular complexity index is 581. The molecule has 20 heavy (non-hydrogen) atoms. The number of aryl methyl sites for hydroxylation is 1. The Hall–Kier alpha value is -1.32. The van der Waals surface area contributed by atoms with Crippen molar-refractivity contribution in [1.29, 1.82) is 0 Å². The average Bonchev–Trinajstić information content (AvgIpc) is 2.42. The second kappa shape index (κ2) is 6.91. The lowest BCUT2D eigenvalue weighted by Gasteiger charge is -2.13. The summed E-state index contributed by atoms with van der Waals surface area (Å²) in [6.45, 7) is 7.20. The van der Waals surface area contributed by atoms with Crippen LogP contribution in [0, 0.1) is 6.92 Å². The Morgan fingerprint density at radius 3 is 2.55 bits per heavy atom. The maximum absolute atomic E-state index is 6.01. The molecule has 0 heterocycles. The van der Waals surface area contributed by atoms with Gasteiger partial charge in [0.25, 0.3) is 0 Å². The fraction of sp³-hybridized carbons (Fsp3) is 0.294. The summed E-state index contributed by atoms with van der Waals surface area (Å²) in [6, 6.07) is 14.7. The van der Waals surface area contributed by atoms with Crippen LogP contribution in [0.2, 0.25) is 0 Å². The summed E-state index contributed by atoms with van der Waals surface area (Å²) in [5.41, 5.74) is 2.36. The summed E-state index contributed by atoms with van der Waals surface area (Å²) in [5, 5.41) is 3.42. The number of nitrogens with one attached hydrogen (secondary N) is 1. The fourth-order valence-electron chi connectivity index (χ4n) is 1.83. The molecule has 3 heteroatoms. The summed E-state index contributed by atoms with van der Waals surface area (Å²) >= 11 is 3.51. The van der Waals surface area contributed by atoms with Crippen molar-refractivity contribution < 1.29 is 4.74 Å². The van der Waals surface area contributed by atoms with Crippen molar-refractivity contribution in [3.63, 3.8) is 0 Å². The van der Waals surface area contributed by atoms with E-state index >= 15 is 0 Å². The van der Waals surface area contributed by atoms with Gasteiger partial charge in [0.05, 0.1) is 4.47 Å². The second-order valence-electron chi connectivity index (χ2n) is 5.17. The molecule has 0 aliphatic rings. The van der Waals surface area contributed by atoms with Crippen LogP contribution >= 0.6 is 15.9 Å². The first-order valence-electron chi connectivity index (χ1n) is 6.81. The van der Waals surface area contributed by atoms with Crippen molar-refractivity contribution in [3.05, 3.63) is 58.1 Å². The molecule has 0 bridgehead atoms. The maximum Gasteiger partial charge on any atom is 0.141 e. The molecule has 0 saturated carbocycles. The van der Waals surface area contributed by atoms with E-state index in [0.717, 1.165) is 28.1 Å². The summed E-state index contributed by atoms with van der Waals surface area (Å²) in [7, 11) is 0. The maximum atomic E-state index is 6.01. The summed E-state index contributed by atoms with van der Waals surface area (Å²) in [6.07, 6.45) is 0. The predicted octanol–water partition coefficient (Wildman–Crippen LogP) is 5.05. The molecule has 106 valence electrons. The molecule has 0 unspecified atom stereocenters. The van der Waals surface area contributed by atoms with E-state index in [1.165, 1.54) is 5.56 Å². The van der Waals surface area contributed by atoms with Gasteiger partial charge in [0.2, 0.25) is 0 Å². The fourth-order valence-corrected chi connectivity index (χ4v) is 2.20. The number of para-hydroxylation sites is 1. The van der Waals surface area contributed by atoms with E-state index in [4.69, 9.17) is 4.74 Å². The number of hydrogen-bond acceptors (Lipinski definition) is 2. The Morgan fingerprint density at radius 2 is 1.85 bits per heavy atom. The van der Waals surface area contributed by atoms with Crippen LogP contribution in [-0.2, 0) is 6.54 Å². The van der Waals surface area contributed by atoms with Gasteiger partial charge >= 0.3 is 0 Å². The van der Waals surface area contributed by atoms with Crippen molar-refractivity contribution in [2.45, 2.75) is 33.4 Å². The van der Waals surface area contributed by atoms with Crippen LogP contribution in [0.3, 0.4) is 0 Å². The quantitative estimate of drug-likeness (QED) is 0.826. The van der Waals surface area contributed by atoms with Crippen molar-refractivity contribution in [3.8, 4) is 11.5 Å². The van der Waals surface area contributed by atoms with E-state index < -0.39 is 0 Å². The molecule has 0 saturated heterocycles. The molecule has 0 radical (unpaired) electrons. The van der Waals surface area contributed by atoms with Crippen LogP contribution in [0.4, 0.5) is 0 Å². The first-order valence-corrected chi connectivity index (χ1v) is 7.61. The van der Waals surface area contributed by atoms with E-state index in [-0.39, 0.29) is 0 Å². The lowest BCUT2D eigenvalue weighted by Crippen LogP contribution is -2.21. The monoisotopic (exact) mass is 333 g/mol. The van der Waals surface area contributed by atoms with E-state index in [9.17, 15) is 0 Å². The highest BCUT2D eigenvalue weighted by Gasteiger charge is 2.06. The number of rotatable bonds is 5. The summed E-state index contributed by atoms with van der Waals surface area (Å²) in [5.74, 6) is 1.74. The Balaban J connectivity index is 2.18. The Kier molecular flexibility index (Phi) is 5.21. The molecule has 0 aromatic heterocycles. The number of hydrogen-bond donors (Lipinski definition) is 1. The van der Waals surface area contributed by atoms with Crippen LogP contribution in [-0.4, -0.2) is 6.04 Å². The third-order valence-electron chi connectivity index (χ3n) is 3.02. The number of ether oxygens (including phenoxy) is 1. The first kappa shape index (κ1) is 15.1. The van der Waals surface area contributed by atoms with E-state index in [0.29, 0.717) is 6.04 Å². The highest BCUT2D eigenvalue weighted by Crippen LogP contribution is 2.31. The van der Waals surface area contributed by atoms with Crippen LogP contribution in [0.15, 0.2) is 46.9 Å². The van der Waals surface area contributed by atoms with Gasteiger partial charge in [-0.1, -0.05) is 38.1 Å². The molecule has 0 aliphatic heterocycles. The molecule has 0 fully saturated rings. The minimum absolute atomic E-state index is 0.476. The molecule has 1 N–H and O–H groups in total. The lowest BCUT2D eigenvalue weighted by molar-refractivity contribution is 0.474. The minimum Gasteiger partial charge on any atom is -0.456 e. The molecule has 2 aromatic carbocycles. The smallest absolute Gasteiger partial charge is 0.141 e. The third-order valence-corrected chi connectivity index (χ3v) is 3.68. The zero-order chi connectivity index (χ0) is 14.5. The van der Waals surface area contributed by atoms with Crippen molar-refractivity contribution in [2.75, 3.05) is 0 Å². The topological polar surface area (TPSA) is 21.3 Å². The molecular weight excluding hydrogens is 314 g/mol. The molecule has 0 atom stereocenters. The Morgan fingerprint density at radius 1 is 1.10 bits per heavy atom. The molecular formula is C17H20BrNO. The van der Waals surface area contributed by atoms with E-state index in [2.05, 4.69) is 60.2 Å². The van der Waals surface area contributed by atoms with Gasteiger partial charge in [-0.15, -0.1) is 0 Å². The normalized spacial score (nSPS) is 10.8. The van der Waals surface area contributed by atoms with Crippen molar-refractivity contribution in [1.82, 2.24) is 5.32 Å². The average molecular weight is 334 g/mol. The first-order chi connectivity index (χ1) is 9.56. The summed E-state index contributed by atoms with van der Waals surface area (Å²) in [4.78, 5) is 0. The molecule has 2 aromatic rings. The van der Waals surface area contributed by atoms with Crippen LogP contribution < -0.4 is 10.1 Å². The summed E-state index contributed by atoms with van der Waals surface area (Å²) < 4.78 is 6.98. The molecule has 0 amide bonds. The van der Waals surface area contributed by atoms with E-state index in [1.54, 1.807) is 0 Å². The Labute approximate surface area is 129 Å². The number of halogens is 1. The zero-order valence-corrected chi connectivity index (χ0v) is 13.7. The lowest BCUT2D eigenvalue weighted by atomic mass is 10.1. The molecule has 0 spiro atoms. The van der Waals surface area contributed by atoms with Gasteiger partial charge in [-0.3, -0.25) is 0 Å². The third kappa shape index (κ3) is 4.09. The van der Waals surface area contributed by atoms with Crippen molar-refractivity contribution >= 4 is 15.9 Å².